The molecule has 0 bridgehead atoms. The fourth-order valence-corrected chi connectivity index (χ4v) is 2.77. The average molecular weight is 252 g/mol. The van der Waals surface area contributed by atoms with Crippen LogP contribution >= 0.6 is 0 Å². The minimum absolute atomic E-state index is 0.221. The van der Waals surface area contributed by atoms with Crippen molar-refractivity contribution in [3.05, 3.63) is 59.7 Å². The van der Waals surface area contributed by atoms with E-state index in [-0.39, 0.29) is 5.41 Å². The highest BCUT2D eigenvalue weighted by Crippen LogP contribution is 2.31. The van der Waals surface area contributed by atoms with Crippen molar-refractivity contribution in [2.75, 3.05) is 11.9 Å². The number of benzene rings is 2. The molecular weight excluding hydrogens is 232 g/mol. The van der Waals surface area contributed by atoms with E-state index in [1.54, 1.807) is 0 Å². The fourth-order valence-electron chi connectivity index (χ4n) is 2.77. The molecule has 0 saturated carbocycles. The Kier molecular flexibility index (Phi) is 3.03. The van der Waals surface area contributed by atoms with Gasteiger partial charge in [0, 0.05) is 29.9 Å². The van der Waals surface area contributed by atoms with Crippen molar-refractivity contribution in [1.29, 1.82) is 0 Å². The van der Waals surface area contributed by atoms with E-state index in [1.165, 1.54) is 11.1 Å². The van der Waals surface area contributed by atoms with Gasteiger partial charge in [0.1, 0.15) is 0 Å². The molecule has 0 aromatic heterocycles. The lowest BCUT2D eigenvalue weighted by atomic mass is 9.79. The van der Waals surface area contributed by atoms with Gasteiger partial charge in [-0.25, -0.2) is 0 Å². The van der Waals surface area contributed by atoms with Gasteiger partial charge in [-0.1, -0.05) is 38.1 Å². The summed E-state index contributed by atoms with van der Waals surface area (Å²) in [6.45, 7) is 6.60. The first kappa shape index (κ1) is 12.2. The maximum absolute atomic E-state index is 3.49. The Morgan fingerprint density at radius 3 is 2.58 bits per heavy atom. The summed E-state index contributed by atoms with van der Waals surface area (Å²) in [5, 5.41) is 6.95. The summed E-state index contributed by atoms with van der Waals surface area (Å²) in [6.07, 6.45) is 0. The van der Waals surface area contributed by atoms with Crippen molar-refractivity contribution in [3.8, 4) is 0 Å². The molecule has 2 nitrogen and oxygen atoms in total. The largest absolute Gasteiger partial charge is 0.356 e. The van der Waals surface area contributed by atoms with E-state index in [9.17, 15) is 0 Å². The molecule has 3 rings (SSSR count). The van der Waals surface area contributed by atoms with Crippen molar-refractivity contribution in [3.63, 3.8) is 0 Å². The minimum atomic E-state index is 0.221. The third-order valence-electron chi connectivity index (χ3n) is 3.78. The Bertz CT molecular complexity index is 573. The van der Waals surface area contributed by atoms with Gasteiger partial charge >= 0.3 is 0 Å². The van der Waals surface area contributed by atoms with Gasteiger partial charge in [0.05, 0.1) is 0 Å². The molecule has 0 unspecified atom stereocenters. The molecule has 0 aliphatic carbocycles. The predicted molar refractivity (Wildman–Crippen MR) is 80.9 cm³/mol. The molecular formula is C17H20N2. The number of anilines is 2. The van der Waals surface area contributed by atoms with E-state index < -0.39 is 0 Å². The first-order valence-corrected chi connectivity index (χ1v) is 6.81. The molecule has 2 heteroatoms. The Morgan fingerprint density at radius 1 is 1.00 bits per heavy atom. The zero-order valence-corrected chi connectivity index (χ0v) is 11.5. The van der Waals surface area contributed by atoms with Crippen LogP contribution in [0.3, 0.4) is 0 Å². The molecule has 19 heavy (non-hydrogen) atoms. The summed E-state index contributed by atoms with van der Waals surface area (Å²) in [4.78, 5) is 0. The highest BCUT2D eigenvalue weighted by Gasteiger charge is 2.26. The van der Waals surface area contributed by atoms with E-state index in [0.29, 0.717) is 0 Å². The van der Waals surface area contributed by atoms with Gasteiger partial charge < -0.3 is 10.6 Å². The highest BCUT2D eigenvalue weighted by atomic mass is 14.9. The summed E-state index contributed by atoms with van der Waals surface area (Å²) >= 11 is 0. The molecule has 2 aromatic rings. The van der Waals surface area contributed by atoms with Crippen molar-refractivity contribution in [1.82, 2.24) is 5.32 Å². The second-order valence-electron chi connectivity index (χ2n) is 5.85. The molecule has 0 radical (unpaired) electrons. The monoisotopic (exact) mass is 252 g/mol. The molecule has 2 aromatic carbocycles. The fraction of sp³-hybridized carbons (Fsp3) is 0.294. The maximum Gasteiger partial charge on any atom is 0.0387 e. The molecule has 2 N–H and O–H groups in total. The average Bonchev–Trinajstić information content (AvgIpc) is 2.39. The van der Waals surface area contributed by atoms with Crippen LogP contribution in [0, 0.1) is 0 Å². The van der Waals surface area contributed by atoms with Gasteiger partial charge in [-0.3, -0.25) is 0 Å². The molecule has 98 valence electrons. The smallest absolute Gasteiger partial charge is 0.0387 e. The molecule has 1 aliphatic heterocycles. The van der Waals surface area contributed by atoms with Gasteiger partial charge in [0.25, 0.3) is 0 Å². The van der Waals surface area contributed by atoms with E-state index in [1.807, 2.05) is 18.2 Å². The van der Waals surface area contributed by atoms with Crippen LogP contribution in [0.1, 0.15) is 25.0 Å². The lowest BCUT2D eigenvalue weighted by Crippen LogP contribution is -2.38. The summed E-state index contributed by atoms with van der Waals surface area (Å²) < 4.78 is 0. The number of nitrogens with one attached hydrogen (secondary N) is 2. The normalized spacial score (nSPS) is 16.7. The Labute approximate surface area is 114 Å². The SMILES string of the molecule is CC1(C)CNCc2cc(Nc3ccccc3)ccc21. The van der Waals surface area contributed by atoms with Crippen LogP contribution in [0.25, 0.3) is 0 Å². The Balaban J connectivity index is 1.90. The maximum atomic E-state index is 3.49. The summed E-state index contributed by atoms with van der Waals surface area (Å²) in [7, 11) is 0. The van der Waals surface area contributed by atoms with Crippen LogP contribution in [0.5, 0.6) is 0 Å². The standard InChI is InChI=1S/C17H20N2/c1-17(2)12-18-11-13-10-15(8-9-16(13)17)19-14-6-4-3-5-7-14/h3-10,18-19H,11-12H2,1-2H3. The first-order valence-electron chi connectivity index (χ1n) is 6.81. The van der Waals surface area contributed by atoms with Crippen LogP contribution in [-0.4, -0.2) is 6.54 Å². The summed E-state index contributed by atoms with van der Waals surface area (Å²) in [5.41, 5.74) is 5.37. The summed E-state index contributed by atoms with van der Waals surface area (Å²) in [5.74, 6) is 0. The van der Waals surface area contributed by atoms with E-state index >= 15 is 0 Å². The van der Waals surface area contributed by atoms with E-state index in [4.69, 9.17) is 0 Å². The Hall–Kier alpha value is -1.80. The third-order valence-corrected chi connectivity index (χ3v) is 3.78. The quantitative estimate of drug-likeness (QED) is 0.849. The zero-order chi connectivity index (χ0) is 13.3. The highest BCUT2D eigenvalue weighted by molar-refractivity contribution is 5.61. The van der Waals surface area contributed by atoms with Gasteiger partial charge in [-0.05, 0) is 35.4 Å². The van der Waals surface area contributed by atoms with E-state index in [0.717, 1.165) is 24.5 Å². The zero-order valence-electron chi connectivity index (χ0n) is 11.5. The number of rotatable bonds is 2. The minimum Gasteiger partial charge on any atom is -0.356 e. The molecule has 0 amide bonds. The Morgan fingerprint density at radius 2 is 1.79 bits per heavy atom. The number of fused-ring (bicyclic) bond motifs is 1. The van der Waals surface area contributed by atoms with Gasteiger partial charge in [0.15, 0.2) is 0 Å². The molecule has 1 aliphatic rings. The van der Waals surface area contributed by atoms with Gasteiger partial charge in [-0.2, -0.15) is 0 Å². The number of hydrogen-bond donors (Lipinski definition) is 2. The van der Waals surface area contributed by atoms with Crippen LogP contribution in [0.15, 0.2) is 48.5 Å². The topological polar surface area (TPSA) is 24.1 Å². The van der Waals surface area contributed by atoms with Crippen molar-refractivity contribution >= 4 is 11.4 Å². The number of hydrogen-bond acceptors (Lipinski definition) is 2. The van der Waals surface area contributed by atoms with Crippen LogP contribution in [-0.2, 0) is 12.0 Å². The lowest BCUT2D eigenvalue weighted by molar-refractivity contribution is 0.435. The predicted octanol–water partition coefficient (Wildman–Crippen LogP) is 3.81. The second-order valence-corrected chi connectivity index (χ2v) is 5.85. The number of para-hydroxylation sites is 1. The molecule has 0 spiro atoms. The first-order chi connectivity index (χ1) is 9.15. The van der Waals surface area contributed by atoms with Gasteiger partial charge in [-0.15, -0.1) is 0 Å². The van der Waals surface area contributed by atoms with Gasteiger partial charge in [0.2, 0.25) is 0 Å². The third kappa shape index (κ3) is 2.49. The van der Waals surface area contributed by atoms with E-state index in [2.05, 4.69) is 54.8 Å². The molecule has 0 fully saturated rings. The van der Waals surface area contributed by atoms with Crippen molar-refractivity contribution < 1.29 is 0 Å². The van der Waals surface area contributed by atoms with Crippen LogP contribution < -0.4 is 10.6 Å². The molecule has 0 atom stereocenters. The molecule has 0 saturated heterocycles. The lowest BCUT2D eigenvalue weighted by Gasteiger charge is -2.33. The van der Waals surface area contributed by atoms with Crippen LogP contribution in [0.2, 0.25) is 0 Å². The van der Waals surface area contributed by atoms with Crippen molar-refractivity contribution in [2.45, 2.75) is 25.8 Å². The molecule has 1 heterocycles. The van der Waals surface area contributed by atoms with Crippen molar-refractivity contribution in [2.24, 2.45) is 0 Å². The van der Waals surface area contributed by atoms with Crippen LogP contribution in [0.4, 0.5) is 11.4 Å². The second kappa shape index (κ2) is 4.71. The summed E-state index contributed by atoms with van der Waals surface area (Å²) in [6, 6.07) is 17.0.